The van der Waals surface area contributed by atoms with Gasteiger partial charge in [0, 0.05) is 48.4 Å². The van der Waals surface area contributed by atoms with Gasteiger partial charge in [0.2, 0.25) is 11.9 Å². The van der Waals surface area contributed by atoms with Crippen LogP contribution < -0.4 is 4.90 Å². The van der Waals surface area contributed by atoms with E-state index in [-0.39, 0.29) is 5.92 Å². The number of carbonyl (C=O) groups is 1. The van der Waals surface area contributed by atoms with Crippen molar-refractivity contribution in [3.63, 3.8) is 0 Å². The molecule has 6 rings (SSSR count). The highest BCUT2D eigenvalue weighted by molar-refractivity contribution is 6.31. The molecule has 0 bridgehead atoms. The number of benzene rings is 1. The number of anilines is 1. The number of piperazine rings is 1. The Morgan fingerprint density at radius 3 is 2.48 bits per heavy atom. The Morgan fingerprint density at radius 1 is 0.968 bits per heavy atom. The summed E-state index contributed by atoms with van der Waals surface area (Å²) in [6.07, 6.45) is 8.21. The van der Waals surface area contributed by atoms with E-state index in [1.54, 1.807) is 0 Å². The van der Waals surface area contributed by atoms with E-state index in [1.165, 1.54) is 19.3 Å². The van der Waals surface area contributed by atoms with Crippen molar-refractivity contribution in [1.29, 1.82) is 0 Å². The zero-order valence-corrected chi connectivity index (χ0v) is 18.4. The molecule has 0 spiro atoms. The molecule has 7 nitrogen and oxygen atoms in total. The lowest BCUT2D eigenvalue weighted by atomic mass is 9.89. The molecule has 2 aliphatic carbocycles. The van der Waals surface area contributed by atoms with Crippen LogP contribution >= 0.6 is 11.6 Å². The van der Waals surface area contributed by atoms with E-state index in [4.69, 9.17) is 16.6 Å². The van der Waals surface area contributed by atoms with Gasteiger partial charge in [-0.1, -0.05) is 30.9 Å². The minimum absolute atomic E-state index is 0.273. The number of amides is 1. The van der Waals surface area contributed by atoms with Gasteiger partial charge < -0.3 is 9.80 Å². The number of aromatic nitrogens is 4. The molecule has 0 atom stereocenters. The van der Waals surface area contributed by atoms with Crippen LogP contribution in [0.2, 0.25) is 5.02 Å². The summed E-state index contributed by atoms with van der Waals surface area (Å²) in [6, 6.07) is 5.79. The van der Waals surface area contributed by atoms with Crippen molar-refractivity contribution in [1.82, 2.24) is 24.5 Å². The number of hydrogen-bond acceptors (Lipinski definition) is 5. The molecule has 2 aromatic heterocycles. The first-order valence-corrected chi connectivity index (χ1v) is 11.9. The molecule has 0 N–H and O–H groups in total. The molecule has 1 aromatic carbocycles. The van der Waals surface area contributed by atoms with Crippen LogP contribution in [0.4, 0.5) is 5.95 Å². The van der Waals surface area contributed by atoms with Crippen molar-refractivity contribution in [2.45, 2.75) is 50.9 Å². The van der Waals surface area contributed by atoms with Gasteiger partial charge in [-0.15, -0.1) is 10.2 Å². The quantitative estimate of drug-likeness (QED) is 0.617. The lowest BCUT2D eigenvalue weighted by molar-refractivity contribution is -0.132. The highest BCUT2D eigenvalue weighted by Crippen LogP contribution is 2.35. The topological polar surface area (TPSA) is 66.6 Å². The number of nitrogens with zero attached hydrogens (tertiary/aromatic N) is 6. The lowest BCUT2D eigenvalue weighted by Gasteiger charge is -2.36. The Morgan fingerprint density at radius 2 is 1.74 bits per heavy atom. The highest BCUT2D eigenvalue weighted by Gasteiger charge is 2.35. The monoisotopic (exact) mass is 438 g/mol. The van der Waals surface area contributed by atoms with E-state index in [0.717, 1.165) is 80.2 Å². The maximum absolute atomic E-state index is 12.5. The minimum atomic E-state index is 0.273. The molecule has 3 aromatic rings. The third-order valence-electron chi connectivity index (χ3n) is 7.08. The molecule has 0 radical (unpaired) electrons. The van der Waals surface area contributed by atoms with Crippen LogP contribution in [-0.4, -0.2) is 56.6 Å². The van der Waals surface area contributed by atoms with Gasteiger partial charge in [0.1, 0.15) is 5.82 Å². The van der Waals surface area contributed by atoms with E-state index >= 15 is 0 Å². The molecule has 3 heterocycles. The second-order valence-electron chi connectivity index (χ2n) is 9.21. The summed E-state index contributed by atoms with van der Waals surface area (Å²) in [5, 5.41) is 10.9. The fourth-order valence-electron chi connectivity index (χ4n) is 5.16. The summed E-state index contributed by atoms with van der Waals surface area (Å²) in [5.41, 5.74) is 1.70. The van der Waals surface area contributed by atoms with Gasteiger partial charge in [-0.3, -0.25) is 4.79 Å². The van der Waals surface area contributed by atoms with Gasteiger partial charge in [0.25, 0.3) is 0 Å². The van der Waals surface area contributed by atoms with Crippen LogP contribution in [0, 0.1) is 5.92 Å². The van der Waals surface area contributed by atoms with E-state index in [1.807, 2.05) is 23.1 Å². The molecule has 1 saturated heterocycles. The fourth-order valence-corrected chi connectivity index (χ4v) is 5.33. The van der Waals surface area contributed by atoms with Crippen molar-refractivity contribution in [3.05, 3.63) is 29.0 Å². The van der Waals surface area contributed by atoms with Crippen molar-refractivity contribution in [3.8, 4) is 0 Å². The minimum Gasteiger partial charge on any atom is -0.339 e. The highest BCUT2D eigenvalue weighted by atomic mass is 35.5. The predicted octanol–water partition coefficient (Wildman–Crippen LogP) is 4.04. The van der Waals surface area contributed by atoms with Crippen LogP contribution in [0.15, 0.2) is 18.2 Å². The van der Waals surface area contributed by atoms with E-state index < -0.39 is 0 Å². The molecule has 0 unspecified atom stereocenters. The molecule has 1 amide bonds. The summed E-state index contributed by atoms with van der Waals surface area (Å²) < 4.78 is 2.19. The van der Waals surface area contributed by atoms with Crippen LogP contribution in [-0.2, 0) is 4.79 Å². The summed E-state index contributed by atoms with van der Waals surface area (Å²) in [7, 11) is 0. The first-order chi connectivity index (χ1) is 15.2. The van der Waals surface area contributed by atoms with Crippen LogP contribution in [0.3, 0.4) is 0 Å². The number of hydrogen-bond donors (Lipinski definition) is 0. The molecular formula is C23H27ClN6O. The predicted molar refractivity (Wildman–Crippen MR) is 121 cm³/mol. The first-order valence-electron chi connectivity index (χ1n) is 11.6. The average Bonchev–Trinajstić information content (AvgIpc) is 3.57. The number of halogens is 1. The summed E-state index contributed by atoms with van der Waals surface area (Å²) in [4.78, 5) is 21.9. The third-order valence-corrected chi connectivity index (χ3v) is 7.32. The van der Waals surface area contributed by atoms with E-state index in [2.05, 4.69) is 19.5 Å². The van der Waals surface area contributed by atoms with E-state index in [0.29, 0.717) is 16.8 Å². The Labute approximate surface area is 186 Å². The van der Waals surface area contributed by atoms with Crippen molar-refractivity contribution >= 4 is 40.0 Å². The summed E-state index contributed by atoms with van der Waals surface area (Å²) in [5.74, 6) is 2.94. The van der Waals surface area contributed by atoms with Crippen molar-refractivity contribution < 1.29 is 4.79 Å². The number of carbonyl (C=O) groups excluding carboxylic acids is 1. The van der Waals surface area contributed by atoms with Crippen LogP contribution in [0.5, 0.6) is 0 Å². The number of rotatable bonds is 3. The third kappa shape index (κ3) is 3.43. The molecular weight excluding hydrogens is 412 g/mol. The molecule has 8 heteroatoms. The smallest absolute Gasteiger partial charge is 0.225 e. The standard InChI is InChI=1S/C23H27ClN6O/c24-17-8-9-18-19(14-17)25-23(29-12-10-28(11-13-29)22(31)16-6-7-16)30-20(26-27-21(18)30)15-4-2-1-3-5-15/h8-9,14-16H,1-7,10-13H2. The second kappa shape index (κ2) is 7.62. The average molecular weight is 439 g/mol. The van der Waals surface area contributed by atoms with Gasteiger partial charge in [-0.25, -0.2) is 9.38 Å². The SMILES string of the molecule is O=C(C1CC1)N1CCN(c2nc3cc(Cl)ccc3c3nnc(C4CCCCC4)n23)CC1. The first kappa shape index (κ1) is 19.3. The fraction of sp³-hybridized carbons (Fsp3) is 0.565. The van der Waals surface area contributed by atoms with Crippen molar-refractivity contribution in [2.75, 3.05) is 31.1 Å². The Kier molecular flexibility index (Phi) is 4.74. The lowest BCUT2D eigenvalue weighted by Crippen LogP contribution is -2.50. The summed E-state index contributed by atoms with van der Waals surface area (Å²) >= 11 is 6.28. The summed E-state index contributed by atoms with van der Waals surface area (Å²) in [6.45, 7) is 3.03. The van der Waals surface area contributed by atoms with E-state index in [9.17, 15) is 4.79 Å². The van der Waals surface area contributed by atoms with Gasteiger partial charge in [0.15, 0.2) is 5.65 Å². The van der Waals surface area contributed by atoms with Crippen LogP contribution in [0.25, 0.3) is 16.6 Å². The zero-order valence-electron chi connectivity index (χ0n) is 17.6. The molecule has 3 aliphatic rings. The Bertz CT molecular complexity index is 1140. The molecule has 1 aliphatic heterocycles. The maximum atomic E-state index is 12.5. The molecule has 31 heavy (non-hydrogen) atoms. The zero-order chi connectivity index (χ0) is 20.9. The van der Waals surface area contributed by atoms with Crippen molar-refractivity contribution in [2.24, 2.45) is 5.92 Å². The molecule has 162 valence electrons. The van der Waals surface area contributed by atoms with Gasteiger partial charge in [-0.2, -0.15) is 0 Å². The van der Waals surface area contributed by atoms with Gasteiger partial charge in [-0.05, 0) is 43.9 Å². The molecule has 3 fully saturated rings. The maximum Gasteiger partial charge on any atom is 0.225 e. The molecule has 2 saturated carbocycles. The normalized spacial score (nSPS) is 20.7. The Balaban J connectivity index is 1.42. The van der Waals surface area contributed by atoms with Gasteiger partial charge in [0.05, 0.1) is 5.52 Å². The Hall–Kier alpha value is -2.41. The number of fused-ring (bicyclic) bond motifs is 3. The largest absolute Gasteiger partial charge is 0.339 e. The van der Waals surface area contributed by atoms with Gasteiger partial charge >= 0.3 is 0 Å². The second-order valence-corrected chi connectivity index (χ2v) is 9.65. The van der Waals surface area contributed by atoms with Crippen LogP contribution in [0.1, 0.15) is 56.7 Å².